The fourth-order valence-corrected chi connectivity index (χ4v) is 9.94. The molecule has 2 N–H and O–H groups in total. The summed E-state index contributed by atoms with van der Waals surface area (Å²) in [4.78, 5) is 0. The topological polar surface area (TPSA) is 58.9 Å². The zero-order valence-corrected chi connectivity index (χ0v) is 33.5. The van der Waals surface area contributed by atoms with E-state index in [1.807, 2.05) is 6.92 Å². The summed E-state index contributed by atoms with van der Waals surface area (Å²) in [5, 5.41) is 36.6. The molecule has 0 unspecified atom stereocenters. The van der Waals surface area contributed by atoms with Crippen LogP contribution in [0.15, 0.2) is 146 Å². The van der Waals surface area contributed by atoms with E-state index < -0.39 is 54.8 Å². The maximum absolute atomic E-state index is 14.0. The molecular formula is C50H40F2O4Ti. The summed E-state index contributed by atoms with van der Waals surface area (Å²) in [6.45, 7) is 8.24. The van der Waals surface area contributed by atoms with Crippen molar-refractivity contribution in [2.75, 3.05) is 0 Å². The number of aliphatic hydroxyl groups is 2. The van der Waals surface area contributed by atoms with Crippen LogP contribution in [0.25, 0.3) is 65.3 Å². The van der Waals surface area contributed by atoms with Crippen LogP contribution >= 0.6 is 0 Å². The van der Waals surface area contributed by atoms with E-state index in [0.717, 1.165) is 87.6 Å². The zero-order chi connectivity index (χ0) is 39.5. The van der Waals surface area contributed by atoms with E-state index in [-0.39, 0.29) is 0 Å². The third-order valence-corrected chi connectivity index (χ3v) is 13.0. The first-order valence-corrected chi connectivity index (χ1v) is 20.5. The van der Waals surface area contributed by atoms with E-state index in [0.29, 0.717) is 0 Å². The van der Waals surface area contributed by atoms with Crippen LogP contribution in [0.1, 0.15) is 49.9 Å². The second kappa shape index (κ2) is 12.9. The predicted octanol–water partition coefficient (Wildman–Crippen LogP) is 11.8. The van der Waals surface area contributed by atoms with Gasteiger partial charge in [-0.1, -0.05) is 166 Å². The van der Waals surface area contributed by atoms with Crippen LogP contribution in [0.2, 0.25) is 0 Å². The Hall–Kier alpha value is -4.79. The molecule has 1 saturated heterocycles. The van der Waals surface area contributed by atoms with Crippen molar-refractivity contribution >= 4 is 43.1 Å². The normalized spacial score (nSPS) is 19.5. The Morgan fingerprint density at radius 2 is 0.702 bits per heavy atom. The molecule has 2 aliphatic carbocycles. The van der Waals surface area contributed by atoms with E-state index in [1.54, 1.807) is 0 Å². The van der Waals surface area contributed by atoms with Gasteiger partial charge in [0.2, 0.25) is 0 Å². The first-order chi connectivity index (χ1) is 27.5. The van der Waals surface area contributed by atoms with Crippen molar-refractivity contribution in [2.45, 2.75) is 56.9 Å². The Bertz CT molecular complexity index is 2580. The van der Waals surface area contributed by atoms with Gasteiger partial charge in [-0.05, 0) is 94.5 Å². The van der Waals surface area contributed by atoms with E-state index in [4.69, 9.17) is 9.47 Å². The molecule has 0 spiro atoms. The number of hydrogen-bond acceptors (Lipinski definition) is 4. The number of rotatable bonds is 2. The van der Waals surface area contributed by atoms with Gasteiger partial charge in [-0.25, -0.2) is 0 Å². The summed E-state index contributed by atoms with van der Waals surface area (Å²) in [7, 11) is 0. The van der Waals surface area contributed by atoms with Gasteiger partial charge >= 0.3 is 26.4 Å². The zero-order valence-electron chi connectivity index (χ0n) is 32.0. The maximum atomic E-state index is 14.0. The summed E-state index contributed by atoms with van der Waals surface area (Å²) < 4.78 is 34.1. The number of halogens is 2. The summed E-state index contributed by atoms with van der Waals surface area (Å²) >= 11 is -2.50. The Kier molecular flexibility index (Phi) is 8.24. The molecule has 4 nitrogen and oxygen atoms in total. The molecule has 3 aliphatic rings. The third-order valence-electron chi connectivity index (χ3n) is 13.0. The van der Waals surface area contributed by atoms with E-state index >= 15 is 0 Å². The van der Waals surface area contributed by atoms with Crippen molar-refractivity contribution in [1.82, 2.24) is 0 Å². The SMILES string of the molecule is CC(C)(C)C1(C)O[C@@H](C2(O)c3ccc4ccccc4c3-c3c2ccc2ccccc32)[C@H](C2(O)c3ccc4ccccc4c3-c3c2ccc2ccccc32)O1.[F][Ti][F]. The Morgan fingerprint density at radius 1 is 0.456 bits per heavy atom. The van der Waals surface area contributed by atoms with Crippen molar-refractivity contribution in [3.05, 3.63) is 168 Å². The van der Waals surface area contributed by atoms with E-state index in [9.17, 15) is 16.4 Å². The predicted molar refractivity (Wildman–Crippen MR) is 220 cm³/mol. The average Bonchev–Trinajstić information content (AvgIpc) is 3.84. The Balaban J connectivity index is 0.00000128. The van der Waals surface area contributed by atoms with E-state index in [2.05, 4.69) is 166 Å². The molecule has 0 bridgehead atoms. The third kappa shape index (κ3) is 4.96. The van der Waals surface area contributed by atoms with Crippen molar-refractivity contribution in [3.8, 4) is 22.3 Å². The van der Waals surface area contributed by atoms with Gasteiger partial charge in [0.15, 0.2) is 5.79 Å². The fourth-order valence-electron chi connectivity index (χ4n) is 9.94. The molecular weight excluding hydrogens is 750 g/mol. The Labute approximate surface area is 340 Å². The molecule has 11 rings (SSSR count). The molecule has 0 saturated carbocycles. The number of ether oxygens (including phenoxy) is 2. The summed E-state index contributed by atoms with van der Waals surface area (Å²) in [6, 6.07) is 50.1. The van der Waals surface area contributed by atoms with Gasteiger partial charge < -0.3 is 19.7 Å². The molecule has 0 aromatic heterocycles. The first-order valence-electron chi connectivity index (χ1n) is 19.3. The van der Waals surface area contributed by atoms with Crippen molar-refractivity contribution < 1.29 is 46.1 Å². The van der Waals surface area contributed by atoms with Gasteiger partial charge in [0.1, 0.15) is 23.4 Å². The molecule has 0 amide bonds. The molecule has 1 heterocycles. The average molecular weight is 791 g/mol. The van der Waals surface area contributed by atoms with Crippen LogP contribution in [0.3, 0.4) is 0 Å². The molecule has 7 heteroatoms. The number of hydrogen-bond donors (Lipinski definition) is 2. The van der Waals surface area contributed by atoms with Crippen LogP contribution in [-0.4, -0.2) is 28.2 Å². The standard InChI is InChI=1S/C50H40O4.2FH.Ti/c1-47(2,3)48(4)53-45(49(51)37-25-21-29-13-5-9-17-33(29)41(37)42-34-18-10-6-14-30(34)22-26-38(42)49)46(54-48)50(52)39-27-23-31-15-7-11-19-35(31)43(39)44-36-20-12-8-16-32(36)24-28-40(44)50;;;/h5-28,45-46,51-52H,1-4H3;2*1H;/q;;;+2/p-2/t45-,46-;;;/m1.../s1. The molecule has 1 fully saturated rings. The van der Waals surface area contributed by atoms with Gasteiger partial charge in [-0.3, -0.25) is 0 Å². The van der Waals surface area contributed by atoms with Crippen LogP contribution in [-0.2, 0) is 40.9 Å². The monoisotopic (exact) mass is 790 g/mol. The molecule has 8 aromatic rings. The summed E-state index contributed by atoms with van der Waals surface area (Å²) in [5.74, 6) is -1.18. The summed E-state index contributed by atoms with van der Waals surface area (Å²) in [5.41, 5.74) is 3.06. The van der Waals surface area contributed by atoms with Crippen LogP contribution in [0.5, 0.6) is 0 Å². The molecule has 1 aliphatic heterocycles. The fraction of sp³-hybridized carbons (Fsp3) is 0.200. The second-order valence-electron chi connectivity index (χ2n) is 16.7. The van der Waals surface area contributed by atoms with Crippen LogP contribution in [0, 0.1) is 5.41 Å². The molecule has 0 radical (unpaired) electrons. The Morgan fingerprint density at radius 3 is 0.947 bits per heavy atom. The van der Waals surface area contributed by atoms with Crippen molar-refractivity contribution in [3.63, 3.8) is 0 Å². The molecule has 282 valence electrons. The molecule has 8 aromatic carbocycles. The first kappa shape index (κ1) is 36.5. The second-order valence-corrected chi connectivity index (χ2v) is 16.9. The molecule has 2 atom stereocenters. The van der Waals surface area contributed by atoms with Gasteiger partial charge in [0.05, 0.1) is 0 Å². The summed E-state index contributed by atoms with van der Waals surface area (Å²) in [6.07, 6.45) is -2.04. The van der Waals surface area contributed by atoms with Crippen LogP contribution < -0.4 is 0 Å². The van der Waals surface area contributed by atoms with E-state index in [1.165, 1.54) is 0 Å². The van der Waals surface area contributed by atoms with Gasteiger partial charge in [-0.2, -0.15) is 0 Å². The number of benzene rings is 8. The van der Waals surface area contributed by atoms with Crippen LogP contribution in [0.4, 0.5) is 6.18 Å². The van der Waals surface area contributed by atoms with Crippen molar-refractivity contribution in [1.29, 1.82) is 0 Å². The van der Waals surface area contributed by atoms with Gasteiger partial charge in [0.25, 0.3) is 0 Å². The minimum absolute atomic E-state index is 0.527. The molecule has 57 heavy (non-hydrogen) atoms. The van der Waals surface area contributed by atoms with Gasteiger partial charge in [0, 0.05) is 5.41 Å². The van der Waals surface area contributed by atoms with Crippen molar-refractivity contribution in [2.24, 2.45) is 5.41 Å². The quantitative estimate of drug-likeness (QED) is 0.171. The van der Waals surface area contributed by atoms with Gasteiger partial charge in [-0.15, -0.1) is 0 Å². The minimum atomic E-state index is -2.50. The number of fused-ring (bicyclic) bond motifs is 14.